The summed E-state index contributed by atoms with van der Waals surface area (Å²) in [6.07, 6.45) is 6.81. The Bertz CT molecular complexity index is 513. The molecule has 0 amide bonds. The van der Waals surface area contributed by atoms with Crippen LogP contribution >= 0.6 is 0 Å². The monoisotopic (exact) mass is 274 g/mol. The number of rotatable bonds is 2. The number of benzene rings is 1. The van der Waals surface area contributed by atoms with Crippen LogP contribution in [0.5, 0.6) is 11.5 Å². The summed E-state index contributed by atoms with van der Waals surface area (Å²) in [5, 5.41) is 0. The molecule has 3 heteroatoms. The molecule has 0 bridgehead atoms. The average Bonchev–Trinajstić information content (AvgIpc) is 2.38. The summed E-state index contributed by atoms with van der Waals surface area (Å²) in [4.78, 5) is 12.1. The van der Waals surface area contributed by atoms with Crippen molar-refractivity contribution < 1.29 is 14.3 Å². The predicted octanol–water partition coefficient (Wildman–Crippen LogP) is 4.14. The van der Waals surface area contributed by atoms with Gasteiger partial charge >= 0.3 is 0 Å². The number of carbonyl (C=O) groups is 1. The van der Waals surface area contributed by atoms with Crippen LogP contribution in [0, 0.1) is 0 Å². The van der Waals surface area contributed by atoms with E-state index in [0.717, 1.165) is 18.6 Å². The molecule has 0 atom stereocenters. The molecule has 1 heterocycles. The van der Waals surface area contributed by atoms with Crippen LogP contribution in [0.4, 0.5) is 0 Å². The van der Waals surface area contributed by atoms with E-state index in [1.54, 1.807) is 0 Å². The summed E-state index contributed by atoms with van der Waals surface area (Å²) in [5.41, 5.74) is 0.258. The second-order valence-corrected chi connectivity index (χ2v) is 6.50. The van der Waals surface area contributed by atoms with Crippen LogP contribution in [-0.4, -0.2) is 17.5 Å². The smallest absolute Gasteiger partial charge is 0.170 e. The van der Waals surface area contributed by atoms with Crippen LogP contribution in [-0.2, 0) is 0 Å². The number of ketones is 1. The Morgan fingerprint density at radius 3 is 2.70 bits per heavy atom. The van der Waals surface area contributed by atoms with E-state index >= 15 is 0 Å². The zero-order valence-electron chi connectivity index (χ0n) is 12.3. The zero-order valence-corrected chi connectivity index (χ0v) is 12.3. The quantitative estimate of drug-likeness (QED) is 0.813. The topological polar surface area (TPSA) is 35.5 Å². The fourth-order valence-electron chi connectivity index (χ4n) is 3.08. The molecule has 1 fully saturated rings. The van der Waals surface area contributed by atoms with Crippen molar-refractivity contribution in [2.75, 3.05) is 0 Å². The van der Waals surface area contributed by atoms with Crippen molar-refractivity contribution in [2.24, 2.45) is 0 Å². The van der Waals surface area contributed by atoms with E-state index in [9.17, 15) is 4.79 Å². The number of hydrogen-bond acceptors (Lipinski definition) is 3. The van der Waals surface area contributed by atoms with Crippen molar-refractivity contribution in [3.05, 3.63) is 23.8 Å². The van der Waals surface area contributed by atoms with Gasteiger partial charge in [-0.1, -0.05) is 6.42 Å². The fourth-order valence-corrected chi connectivity index (χ4v) is 3.08. The van der Waals surface area contributed by atoms with Gasteiger partial charge in [-0.05, 0) is 51.7 Å². The summed E-state index contributed by atoms with van der Waals surface area (Å²) in [6, 6.07) is 5.61. The van der Waals surface area contributed by atoms with Gasteiger partial charge in [0.05, 0.1) is 18.1 Å². The number of hydrogen-bond donors (Lipinski definition) is 0. The Kier molecular flexibility index (Phi) is 3.45. The molecule has 0 N–H and O–H groups in total. The molecule has 1 aliphatic carbocycles. The first-order valence-electron chi connectivity index (χ1n) is 7.56. The minimum atomic E-state index is -0.423. The molecule has 1 aromatic rings. The highest BCUT2D eigenvalue weighted by Gasteiger charge is 2.32. The fraction of sp³-hybridized carbons (Fsp3) is 0.588. The summed E-state index contributed by atoms with van der Waals surface area (Å²) in [5.74, 6) is 1.64. The lowest BCUT2D eigenvalue weighted by Crippen LogP contribution is -2.35. The first-order chi connectivity index (χ1) is 9.53. The van der Waals surface area contributed by atoms with Gasteiger partial charge in [0.15, 0.2) is 5.78 Å². The van der Waals surface area contributed by atoms with Crippen molar-refractivity contribution in [2.45, 2.75) is 64.1 Å². The largest absolute Gasteiger partial charge is 0.490 e. The first-order valence-corrected chi connectivity index (χ1v) is 7.56. The summed E-state index contributed by atoms with van der Waals surface area (Å²) < 4.78 is 12.0. The Morgan fingerprint density at radius 1 is 1.20 bits per heavy atom. The molecule has 0 unspecified atom stereocenters. The molecule has 20 heavy (non-hydrogen) atoms. The SMILES string of the molecule is CC1(C)CC(=O)c2ccc(OC3CCCCC3)cc2O1. The molecular formula is C17H22O3. The van der Waals surface area contributed by atoms with Gasteiger partial charge in [0.25, 0.3) is 0 Å². The molecule has 0 radical (unpaired) electrons. The maximum absolute atomic E-state index is 12.1. The predicted molar refractivity (Wildman–Crippen MR) is 77.6 cm³/mol. The van der Waals surface area contributed by atoms with Gasteiger partial charge in [0.1, 0.15) is 17.1 Å². The van der Waals surface area contributed by atoms with Gasteiger partial charge in [-0.2, -0.15) is 0 Å². The highest BCUT2D eigenvalue weighted by Crippen LogP contribution is 2.36. The van der Waals surface area contributed by atoms with E-state index in [1.807, 2.05) is 32.0 Å². The summed E-state index contributed by atoms with van der Waals surface area (Å²) >= 11 is 0. The number of fused-ring (bicyclic) bond motifs is 1. The highest BCUT2D eigenvalue weighted by molar-refractivity contribution is 6.00. The van der Waals surface area contributed by atoms with Crippen molar-refractivity contribution in [3.63, 3.8) is 0 Å². The van der Waals surface area contributed by atoms with Crippen molar-refractivity contribution in [3.8, 4) is 11.5 Å². The Hall–Kier alpha value is -1.51. The number of ether oxygens (including phenoxy) is 2. The maximum atomic E-state index is 12.1. The molecule has 0 spiro atoms. The van der Waals surface area contributed by atoms with Crippen molar-refractivity contribution >= 4 is 5.78 Å². The van der Waals surface area contributed by atoms with Crippen LogP contribution in [0.15, 0.2) is 18.2 Å². The van der Waals surface area contributed by atoms with Gasteiger partial charge < -0.3 is 9.47 Å². The minimum Gasteiger partial charge on any atom is -0.490 e. The third-order valence-corrected chi connectivity index (χ3v) is 4.08. The molecule has 2 aliphatic rings. The van der Waals surface area contributed by atoms with Gasteiger partial charge in [-0.3, -0.25) is 4.79 Å². The van der Waals surface area contributed by atoms with E-state index < -0.39 is 5.60 Å². The number of carbonyl (C=O) groups excluding carboxylic acids is 1. The van der Waals surface area contributed by atoms with Gasteiger partial charge in [-0.15, -0.1) is 0 Å². The van der Waals surface area contributed by atoms with Gasteiger partial charge in [0, 0.05) is 6.07 Å². The van der Waals surface area contributed by atoms with Crippen LogP contribution in [0.2, 0.25) is 0 Å². The Morgan fingerprint density at radius 2 is 1.95 bits per heavy atom. The van der Waals surface area contributed by atoms with Crippen LogP contribution in [0.3, 0.4) is 0 Å². The van der Waals surface area contributed by atoms with Crippen LogP contribution < -0.4 is 9.47 Å². The average molecular weight is 274 g/mol. The van der Waals surface area contributed by atoms with E-state index in [4.69, 9.17) is 9.47 Å². The number of Topliss-reactive ketones (excluding diaryl/α,β-unsaturated/α-hetero) is 1. The van der Waals surface area contributed by atoms with Gasteiger partial charge in [-0.25, -0.2) is 0 Å². The van der Waals surface area contributed by atoms with Crippen LogP contribution in [0.1, 0.15) is 62.7 Å². The Labute approximate surface area is 120 Å². The molecule has 108 valence electrons. The lowest BCUT2D eigenvalue weighted by atomic mass is 9.93. The van der Waals surface area contributed by atoms with Gasteiger partial charge in [0.2, 0.25) is 0 Å². The van der Waals surface area contributed by atoms with Crippen LogP contribution in [0.25, 0.3) is 0 Å². The van der Waals surface area contributed by atoms with E-state index in [1.165, 1.54) is 19.3 Å². The molecule has 0 saturated heterocycles. The minimum absolute atomic E-state index is 0.153. The maximum Gasteiger partial charge on any atom is 0.170 e. The molecule has 1 aliphatic heterocycles. The zero-order chi connectivity index (χ0) is 14.2. The summed E-state index contributed by atoms with van der Waals surface area (Å²) in [6.45, 7) is 3.89. The Balaban J connectivity index is 1.79. The molecule has 1 aromatic carbocycles. The van der Waals surface area contributed by atoms with Crippen molar-refractivity contribution in [1.29, 1.82) is 0 Å². The molecular weight excluding hydrogens is 252 g/mol. The summed E-state index contributed by atoms with van der Waals surface area (Å²) in [7, 11) is 0. The molecule has 3 nitrogen and oxygen atoms in total. The van der Waals surface area contributed by atoms with Crippen molar-refractivity contribution in [1.82, 2.24) is 0 Å². The highest BCUT2D eigenvalue weighted by atomic mass is 16.5. The lowest BCUT2D eigenvalue weighted by Gasteiger charge is -2.32. The lowest BCUT2D eigenvalue weighted by molar-refractivity contribution is 0.0616. The third-order valence-electron chi connectivity index (χ3n) is 4.08. The molecule has 3 rings (SSSR count). The van der Waals surface area contributed by atoms with E-state index in [0.29, 0.717) is 23.8 Å². The standard InChI is InChI=1S/C17H22O3/c1-17(2)11-15(18)14-9-8-13(10-16(14)20-17)19-12-6-4-3-5-7-12/h8-10,12H,3-7,11H2,1-2H3. The molecule has 1 saturated carbocycles. The first kappa shape index (κ1) is 13.5. The second kappa shape index (κ2) is 5.12. The molecule has 0 aromatic heterocycles. The third kappa shape index (κ3) is 2.82. The van der Waals surface area contributed by atoms with E-state index in [-0.39, 0.29) is 5.78 Å². The van der Waals surface area contributed by atoms with E-state index in [2.05, 4.69) is 0 Å². The second-order valence-electron chi connectivity index (χ2n) is 6.50. The normalized spacial score (nSPS) is 22.0.